The minimum absolute atomic E-state index is 0.00636. The van der Waals surface area contributed by atoms with Crippen LogP contribution >= 0.6 is 0 Å². The summed E-state index contributed by atoms with van der Waals surface area (Å²) in [7, 11) is 0. The molecule has 0 bridgehead atoms. The van der Waals surface area contributed by atoms with Crippen molar-refractivity contribution in [1.29, 1.82) is 0 Å². The molecule has 4 nitrogen and oxygen atoms in total. The van der Waals surface area contributed by atoms with Crippen molar-refractivity contribution in [3.8, 4) is 0 Å². The van der Waals surface area contributed by atoms with Gasteiger partial charge in [-0.3, -0.25) is 9.59 Å². The molecule has 2 heterocycles. The first kappa shape index (κ1) is 17.5. The molecule has 1 aliphatic rings. The van der Waals surface area contributed by atoms with E-state index >= 15 is 0 Å². The molecule has 0 atom stereocenters. The summed E-state index contributed by atoms with van der Waals surface area (Å²) in [6.07, 6.45) is 3.13. The smallest absolute Gasteiger partial charge is 0.270 e. The Bertz CT molecular complexity index is 769. The summed E-state index contributed by atoms with van der Waals surface area (Å²) >= 11 is 0. The SMILES string of the molecule is CC(=O)c1c(C)[nH]c(C(=O)N2CCC(Cc3ccccc3)CC2)c1C. The number of aromatic amines is 1. The number of likely N-dealkylation sites (tertiary alicyclic amines) is 1. The van der Waals surface area contributed by atoms with Gasteiger partial charge in [-0.05, 0) is 57.1 Å². The number of H-pyrrole nitrogens is 1. The fourth-order valence-corrected chi connectivity index (χ4v) is 3.94. The van der Waals surface area contributed by atoms with Gasteiger partial charge in [-0.1, -0.05) is 30.3 Å². The second kappa shape index (κ2) is 7.26. The van der Waals surface area contributed by atoms with Crippen LogP contribution in [-0.2, 0) is 6.42 Å². The first-order valence-electron chi connectivity index (χ1n) is 9.00. The van der Waals surface area contributed by atoms with Gasteiger partial charge in [0.15, 0.2) is 5.78 Å². The summed E-state index contributed by atoms with van der Waals surface area (Å²) < 4.78 is 0. The Morgan fingerprint density at radius 1 is 1.12 bits per heavy atom. The number of rotatable bonds is 4. The van der Waals surface area contributed by atoms with Crippen LogP contribution in [-0.4, -0.2) is 34.7 Å². The standard InChI is InChI=1S/C21H26N2O2/c1-14-19(16(3)24)15(2)22-20(14)21(25)23-11-9-18(10-12-23)13-17-7-5-4-6-8-17/h4-8,18,22H,9-13H2,1-3H3. The number of hydrogen-bond donors (Lipinski definition) is 1. The summed E-state index contributed by atoms with van der Waals surface area (Å²) in [5, 5.41) is 0. The Kier molecular flexibility index (Phi) is 5.07. The van der Waals surface area contributed by atoms with E-state index in [0.29, 0.717) is 17.2 Å². The minimum Gasteiger partial charge on any atom is -0.354 e. The lowest BCUT2D eigenvalue weighted by Crippen LogP contribution is -2.39. The highest BCUT2D eigenvalue weighted by molar-refractivity contribution is 6.02. The largest absolute Gasteiger partial charge is 0.354 e. The van der Waals surface area contributed by atoms with Crippen molar-refractivity contribution in [2.75, 3.05) is 13.1 Å². The predicted octanol–water partition coefficient (Wildman–Crippen LogP) is 3.93. The Hall–Kier alpha value is -2.36. The number of Topliss-reactive ketones (excluding diaryl/α,β-unsaturated/α-hetero) is 1. The number of aryl methyl sites for hydroxylation is 1. The first-order chi connectivity index (χ1) is 12.0. The van der Waals surface area contributed by atoms with E-state index in [-0.39, 0.29) is 11.7 Å². The van der Waals surface area contributed by atoms with Crippen LogP contribution in [0.4, 0.5) is 0 Å². The number of carbonyl (C=O) groups excluding carboxylic acids is 2. The molecular formula is C21H26N2O2. The molecule has 25 heavy (non-hydrogen) atoms. The topological polar surface area (TPSA) is 53.2 Å². The predicted molar refractivity (Wildman–Crippen MR) is 99.0 cm³/mol. The molecule has 0 spiro atoms. The zero-order valence-corrected chi connectivity index (χ0v) is 15.3. The number of nitrogens with one attached hydrogen (secondary N) is 1. The van der Waals surface area contributed by atoms with E-state index in [1.165, 1.54) is 5.56 Å². The molecule has 132 valence electrons. The molecule has 2 aromatic rings. The molecule has 0 aliphatic carbocycles. The van der Waals surface area contributed by atoms with E-state index in [1.54, 1.807) is 6.92 Å². The van der Waals surface area contributed by atoms with Gasteiger partial charge in [0, 0.05) is 24.3 Å². The molecule has 0 unspecified atom stereocenters. The van der Waals surface area contributed by atoms with Crippen molar-refractivity contribution in [3.63, 3.8) is 0 Å². The summed E-state index contributed by atoms with van der Waals surface area (Å²) in [5.41, 5.74) is 4.16. The van der Waals surface area contributed by atoms with Crippen LogP contribution in [0.2, 0.25) is 0 Å². The lowest BCUT2D eigenvalue weighted by molar-refractivity contribution is 0.0684. The lowest BCUT2D eigenvalue weighted by Gasteiger charge is -2.32. The summed E-state index contributed by atoms with van der Waals surface area (Å²) in [5.74, 6) is 0.656. The number of amides is 1. The molecule has 1 N–H and O–H groups in total. The van der Waals surface area contributed by atoms with Gasteiger partial charge < -0.3 is 9.88 Å². The second-order valence-electron chi connectivity index (χ2n) is 7.11. The summed E-state index contributed by atoms with van der Waals surface area (Å²) in [4.78, 5) is 29.7. The molecule has 4 heteroatoms. The van der Waals surface area contributed by atoms with Crippen molar-refractivity contribution in [1.82, 2.24) is 9.88 Å². The second-order valence-corrected chi connectivity index (χ2v) is 7.11. The fraction of sp³-hybridized carbons (Fsp3) is 0.429. The van der Waals surface area contributed by atoms with Crippen molar-refractivity contribution in [2.45, 2.75) is 40.0 Å². The van der Waals surface area contributed by atoms with E-state index < -0.39 is 0 Å². The van der Waals surface area contributed by atoms with Crippen LogP contribution < -0.4 is 0 Å². The molecular weight excluding hydrogens is 312 g/mol. The highest BCUT2D eigenvalue weighted by Crippen LogP contribution is 2.25. The Balaban J connectivity index is 1.64. The van der Waals surface area contributed by atoms with Crippen molar-refractivity contribution < 1.29 is 9.59 Å². The highest BCUT2D eigenvalue weighted by Gasteiger charge is 2.27. The third-order valence-electron chi connectivity index (χ3n) is 5.27. The number of hydrogen-bond acceptors (Lipinski definition) is 2. The van der Waals surface area contributed by atoms with E-state index in [2.05, 4.69) is 29.2 Å². The number of carbonyl (C=O) groups is 2. The van der Waals surface area contributed by atoms with Gasteiger partial charge in [-0.15, -0.1) is 0 Å². The third kappa shape index (κ3) is 3.68. The zero-order chi connectivity index (χ0) is 18.0. The maximum absolute atomic E-state index is 12.9. The molecule has 1 fully saturated rings. The van der Waals surface area contributed by atoms with E-state index in [9.17, 15) is 9.59 Å². The Morgan fingerprint density at radius 3 is 2.32 bits per heavy atom. The van der Waals surface area contributed by atoms with Crippen LogP contribution in [0.1, 0.15) is 57.4 Å². The van der Waals surface area contributed by atoms with Crippen molar-refractivity contribution >= 4 is 11.7 Å². The summed E-state index contributed by atoms with van der Waals surface area (Å²) in [6.45, 7) is 6.82. The number of benzene rings is 1. The number of aromatic nitrogens is 1. The van der Waals surface area contributed by atoms with Gasteiger partial charge in [-0.25, -0.2) is 0 Å². The molecule has 0 saturated carbocycles. The third-order valence-corrected chi connectivity index (χ3v) is 5.27. The molecule has 3 rings (SSSR count). The minimum atomic E-state index is 0.00636. The number of nitrogens with zero attached hydrogens (tertiary/aromatic N) is 1. The zero-order valence-electron chi connectivity index (χ0n) is 15.3. The van der Waals surface area contributed by atoms with Crippen molar-refractivity contribution in [3.05, 3.63) is 58.4 Å². The Morgan fingerprint density at radius 2 is 1.76 bits per heavy atom. The van der Waals surface area contributed by atoms with E-state index in [4.69, 9.17) is 0 Å². The van der Waals surface area contributed by atoms with E-state index in [0.717, 1.165) is 43.6 Å². The molecule has 1 aromatic heterocycles. The van der Waals surface area contributed by atoms with E-state index in [1.807, 2.05) is 24.8 Å². The van der Waals surface area contributed by atoms with Gasteiger partial charge in [0.1, 0.15) is 5.69 Å². The van der Waals surface area contributed by atoms with Crippen LogP contribution in [0, 0.1) is 19.8 Å². The number of ketones is 1. The van der Waals surface area contributed by atoms with Gasteiger partial charge in [0.2, 0.25) is 0 Å². The summed E-state index contributed by atoms with van der Waals surface area (Å²) in [6, 6.07) is 10.5. The first-order valence-corrected chi connectivity index (χ1v) is 9.00. The van der Waals surface area contributed by atoms with Crippen LogP contribution in [0.3, 0.4) is 0 Å². The van der Waals surface area contributed by atoms with Crippen LogP contribution in [0.5, 0.6) is 0 Å². The molecule has 1 aromatic carbocycles. The van der Waals surface area contributed by atoms with Gasteiger partial charge in [0.25, 0.3) is 5.91 Å². The normalized spacial score (nSPS) is 15.4. The Labute approximate surface area is 149 Å². The maximum Gasteiger partial charge on any atom is 0.270 e. The van der Waals surface area contributed by atoms with Crippen LogP contribution in [0.25, 0.3) is 0 Å². The number of piperidine rings is 1. The highest BCUT2D eigenvalue weighted by atomic mass is 16.2. The quantitative estimate of drug-likeness (QED) is 0.859. The molecule has 1 amide bonds. The van der Waals surface area contributed by atoms with Gasteiger partial charge in [-0.2, -0.15) is 0 Å². The lowest BCUT2D eigenvalue weighted by atomic mass is 9.90. The van der Waals surface area contributed by atoms with Crippen LogP contribution in [0.15, 0.2) is 30.3 Å². The van der Waals surface area contributed by atoms with Crippen molar-refractivity contribution in [2.24, 2.45) is 5.92 Å². The fourth-order valence-electron chi connectivity index (χ4n) is 3.94. The average Bonchev–Trinajstić information content (AvgIpc) is 2.90. The molecule has 0 radical (unpaired) electrons. The molecule has 1 aliphatic heterocycles. The monoisotopic (exact) mass is 338 g/mol. The van der Waals surface area contributed by atoms with Gasteiger partial charge in [0.05, 0.1) is 0 Å². The van der Waals surface area contributed by atoms with Gasteiger partial charge >= 0.3 is 0 Å². The maximum atomic E-state index is 12.9. The average molecular weight is 338 g/mol. The molecule has 1 saturated heterocycles.